The van der Waals surface area contributed by atoms with Crippen LogP contribution in [-0.4, -0.2) is 58.6 Å². The molecule has 2 fully saturated rings. The second-order valence-electron chi connectivity index (χ2n) is 6.82. The molecule has 1 aromatic carbocycles. The molecule has 3 rings (SSSR count). The molecule has 4 unspecified atom stereocenters. The first-order valence-electron chi connectivity index (χ1n) is 8.84. The number of benzene rings is 1. The predicted molar refractivity (Wildman–Crippen MR) is 95.5 cm³/mol. The van der Waals surface area contributed by atoms with Gasteiger partial charge >= 0.3 is 6.03 Å². The summed E-state index contributed by atoms with van der Waals surface area (Å²) in [5.74, 6) is -0.610. The van der Waals surface area contributed by atoms with Crippen molar-refractivity contribution < 1.29 is 19.5 Å². The summed E-state index contributed by atoms with van der Waals surface area (Å²) in [6.45, 7) is 3.76. The molecule has 8 heteroatoms. The molecule has 2 aliphatic heterocycles. The van der Waals surface area contributed by atoms with Gasteiger partial charge in [0.25, 0.3) is 0 Å². The van der Waals surface area contributed by atoms with Crippen molar-refractivity contribution in [3.05, 3.63) is 29.8 Å². The average Bonchev–Trinajstić information content (AvgIpc) is 3.02. The summed E-state index contributed by atoms with van der Waals surface area (Å²) in [5, 5.41) is 17.8. The van der Waals surface area contributed by atoms with E-state index >= 15 is 0 Å². The van der Waals surface area contributed by atoms with Crippen LogP contribution in [0.2, 0.25) is 0 Å². The molecule has 26 heavy (non-hydrogen) atoms. The van der Waals surface area contributed by atoms with Gasteiger partial charge in [-0.1, -0.05) is 19.1 Å². The standard InChI is InChI=1S/C18H24N4O4/c1-3-11-5-4-6-12(7-11)19-18(26)20-13-8-14-16(24)21-15(10(2)23)17(25)22(14)9-13/h4-7,10,13-15,23H,3,8-9H2,1-2H3,(H,21,24)(H2,19,20,26). The molecule has 4 amide bonds. The highest BCUT2D eigenvalue weighted by molar-refractivity contribution is 5.98. The summed E-state index contributed by atoms with van der Waals surface area (Å²) >= 11 is 0. The van der Waals surface area contributed by atoms with Crippen LogP contribution in [0.5, 0.6) is 0 Å². The van der Waals surface area contributed by atoms with Crippen LogP contribution < -0.4 is 16.0 Å². The first-order chi connectivity index (χ1) is 12.4. The number of hydrogen-bond acceptors (Lipinski definition) is 4. The molecule has 2 heterocycles. The maximum absolute atomic E-state index is 12.4. The summed E-state index contributed by atoms with van der Waals surface area (Å²) in [6.07, 6.45) is 0.262. The van der Waals surface area contributed by atoms with Crippen molar-refractivity contribution in [3.63, 3.8) is 0 Å². The Labute approximate surface area is 151 Å². The summed E-state index contributed by atoms with van der Waals surface area (Å²) in [6, 6.07) is 5.35. The molecule has 4 atom stereocenters. The number of piperazine rings is 1. The first kappa shape index (κ1) is 18.2. The van der Waals surface area contributed by atoms with E-state index < -0.39 is 18.2 Å². The normalized spacial score (nSPS) is 26.1. The van der Waals surface area contributed by atoms with Crippen LogP contribution in [0.15, 0.2) is 24.3 Å². The Morgan fingerprint density at radius 3 is 2.88 bits per heavy atom. The fraction of sp³-hybridized carbons (Fsp3) is 0.500. The highest BCUT2D eigenvalue weighted by Crippen LogP contribution is 2.23. The van der Waals surface area contributed by atoms with Crippen LogP contribution in [0, 0.1) is 0 Å². The van der Waals surface area contributed by atoms with E-state index in [4.69, 9.17) is 0 Å². The molecule has 2 saturated heterocycles. The van der Waals surface area contributed by atoms with Crippen LogP contribution in [0.25, 0.3) is 0 Å². The Morgan fingerprint density at radius 1 is 1.42 bits per heavy atom. The van der Waals surface area contributed by atoms with Gasteiger partial charge in [0, 0.05) is 12.2 Å². The van der Waals surface area contributed by atoms with Gasteiger partial charge in [0.2, 0.25) is 11.8 Å². The number of hydrogen-bond donors (Lipinski definition) is 4. The lowest BCUT2D eigenvalue weighted by Gasteiger charge is -2.35. The van der Waals surface area contributed by atoms with Crippen LogP contribution in [0.1, 0.15) is 25.8 Å². The number of carbonyl (C=O) groups is 3. The van der Waals surface area contributed by atoms with Crippen molar-refractivity contribution in [1.29, 1.82) is 0 Å². The zero-order valence-corrected chi connectivity index (χ0v) is 14.9. The van der Waals surface area contributed by atoms with Gasteiger partial charge < -0.3 is 26.0 Å². The maximum atomic E-state index is 12.4. The van der Waals surface area contributed by atoms with Crippen LogP contribution >= 0.6 is 0 Å². The van der Waals surface area contributed by atoms with Gasteiger partial charge in [-0.15, -0.1) is 0 Å². The minimum Gasteiger partial charge on any atom is -0.391 e. The minimum atomic E-state index is -0.964. The number of aliphatic hydroxyl groups is 1. The quantitative estimate of drug-likeness (QED) is 0.615. The largest absolute Gasteiger partial charge is 0.391 e. The Morgan fingerprint density at radius 2 is 2.19 bits per heavy atom. The van der Waals surface area contributed by atoms with E-state index in [1.165, 1.54) is 11.8 Å². The molecule has 8 nitrogen and oxygen atoms in total. The number of rotatable bonds is 4. The number of urea groups is 1. The topological polar surface area (TPSA) is 111 Å². The smallest absolute Gasteiger partial charge is 0.319 e. The van der Waals surface area contributed by atoms with Crippen LogP contribution in [0.4, 0.5) is 10.5 Å². The van der Waals surface area contributed by atoms with Crippen LogP contribution in [0.3, 0.4) is 0 Å². The Balaban J connectivity index is 1.61. The second-order valence-corrected chi connectivity index (χ2v) is 6.82. The fourth-order valence-corrected chi connectivity index (χ4v) is 3.47. The number of carbonyl (C=O) groups excluding carboxylic acids is 3. The van der Waals surface area contributed by atoms with E-state index in [0.29, 0.717) is 12.1 Å². The Hall–Kier alpha value is -2.61. The Bertz CT molecular complexity index is 721. The number of anilines is 1. The molecular weight excluding hydrogens is 336 g/mol. The molecule has 1 aromatic rings. The SMILES string of the molecule is CCc1cccc(NC(=O)NC2CC3C(=O)NC(C(C)O)C(=O)N3C2)c1. The van der Waals surface area contributed by atoms with Gasteiger partial charge in [-0.3, -0.25) is 9.59 Å². The number of amides is 4. The molecular formula is C18H24N4O4. The molecule has 0 bridgehead atoms. The summed E-state index contributed by atoms with van der Waals surface area (Å²) in [4.78, 5) is 38.3. The highest BCUT2D eigenvalue weighted by Gasteiger charge is 2.47. The molecule has 2 aliphatic rings. The van der Waals surface area contributed by atoms with Gasteiger partial charge in [0.1, 0.15) is 12.1 Å². The predicted octanol–water partition coefficient (Wildman–Crippen LogP) is 0.219. The molecule has 0 spiro atoms. The third kappa shape index (κ3) is 3.65. The lowest BCUT2D eigenvalue weighted by molar-refractivity contribution is -0.149. The van der Waals surface area contributed by atoms with Crippen molar-refractivity contribution in [2.75, 3.05) is 11.9 Å². The van der Waals surface area contributed by atoms with E-state index in [1.54, 1.807) is 6.07 Å². The minimum absolute atomic E-state index is 0.253. The number of nitrogens with zero attached hydrogens (tertiary/aromatic N) is 1. The van der Waals surface area contributed by atoms with Gasteiger partial charge in [-0.05, 0) is 37.5 Å². The van der Waals surface area contributed by atoms with Gasteiger partial charge in [0.15, 0.2) is 0 Å². The van der Waals surface area contributed by atoms with Crippen molar-refractivity contribution in [2.24, 2.45) is 0 Å². The summed E-state index contributed by atoms with van der Waals surface area (Å²) < 4.78 is 0. The fourth-order valence-electron chi connectivity index (χ4n) is 3.47. The van der Waals surface area contributed by atoms with Crippen molar-refractivity contribution >= 4 is 23.5 Å². The van der Waals surface area contributed by atoms with Gasteiger partial charge in [0.05, 0.1) is 12.1 Å². The summed E-state index contributed by atoms with van der Waals surface area (Å²) in [5.41, 5.74) is 1.81. The highest BCUT2D eigenvalue weighted by atomic mass is 16.3. The maximum Gasteiger partial charge on any atom is 0.319 e. The lowest BCUT2D eigenvalue weighted by atomic mass is 10.0. The lowest BCUT2D eigenvalue weighted by Crippen LogP contribution is -2.64. The molecule has 4 N–H and O–H groups in total. The third-order valence-electron chi connectivity index (χ3n) is 4.86. The molecule has 0 aliphatic carbocycles. The van der Waals surface area contributed by atoms with Gasteiger partial charge in [-0.25, -0.2) is 4.79 Å². The van der Waals surface area contributed by atoms with E-state index in [0.717, 1.165) is 12.0 Å². The number of aliphatic hydroxyl groups excluding tert-OH is 1. The second kappa shape index (κ2) is 7.33. The van der Waals surface area contributed by atoms with Crippen molar-refractivity contribution in [3.8, 4) is 0 Å². The molecule has 0 radical (unpaired) electrons. The number of aryl methyl sites for hydroxylation is 1. The van der Waals surface area contributed by atoms with Crippen LogP contribution in [-0.2, 0) is 16.0 Å². The average molecular weight is 360 g/mol. The van der Waals surface area contributed by atoms with E-state index in [1.807, 2.05) is 25.1 Å². The first-order valence-corrected chi connectivity index (χ1v) is 8.84. The zero-order chi connectivity index (χ0) is 18.8. The van der Waals surface area contributed by atoms with Gasteiger partial charge in [-0.2, -0.15) is 0 Å². The molecule has 0 saturated carbocycles. The summed E-state index contributed by atoms with van der Waals surface area (Å²) in [7, 11) is 0. The van der Waals surface area contributed by atoms with E-state index in [-0.39, 0.29) is 30.4 Å². The number of fused-ring (bicyclic) bond motifs is 1. The zero-order valence-electron chi connectivity index (χ0n) is 14.9. The monoisotopic (exact) mass is 360 g/mol. The number of nitrogens with one attached hydrogen (secondary N) is 3. The van der Waals surface area contributed by atoms with Crippen molar-refractivity contribution in [2.45, 2.75) is 50.9 Å². The van der Waals surface area contributed by atoms with E-state index in [9.17, 15) is 19.5 Å². The van der Waals surface area contributed by atoms with E-state index in [2.05, 4.69) is 16.0 Å². The Kier molecular flexibility index (Phi) is 5.13. The van der Waals surface area contributed by atoms with Crippen molar-refractivity contribution in [1.82, 2.24) is 15.5 Å². The third-order valence-corrected chi connectivity index (χ3v) is 4.86. The molecule has 0 aromatic heterocycles. The molecule has 140 valence electrons.